The number of hydrogen-bond donors (Lipinski definition) is 1. The van der Waals surface area contributed by atoms with Gasteiger partial charge in [-0.05, 0) is 32.0 Å². The van der Waals surface area contributed by atoms with Crippen LogP contribution in [-0.4, -0.2) is 22.3 Å². The molecule has 0 saturated heterocycles. The highest BCUT2D eigenvalue weighted by Crippen LogP contribution is 2.36. The van der Waals surface area contributed by atoms with E-state index in [9.17, 15) is 13.2 Å². The van der Waals surface area contributed by atoms with Crippen LogP contribution in [-0.2, 0) is 0 Å². The third-order valence-corrected chi connectivity index (χ3v) is 2.90. The molecule has 0 aliphatic heterocycles. The van der Waals surface area contributed by atoms with E-state index in [2.05, 4.69) is 4.98 Å². The quantitative estimate of drug-likeness (QED) is 0.918. The van der Waals surface area contributed by atoms with Crippen molar-refractivity contribution in [1.82, 2.24) is 9.55 Å². The number of fused-ring (bicyclic) bond motifs is 1. The molecular weight excluding hydrogens is 243 g/mol. The van der Waals surface area contributed by atoms with E-state index in [1.807, 2.05) is 0 Å². The Morgan fingerprint density at radius 1 is 1.33 bits per heavy atom. The molecule has 3 nitrogen and oxygen atoms in total. The molecule has 0 amide bonds. The Bertz CT molecular complexity index is 545. The molecule has 2 N–H and O–H groups in total. The summed E-state index contributed by atoms with van der Waals surface area (Å²) in [6, 6.07) is 5.19. The second kappa shape index (κ2) is 4.61. The van der Waals surface area contributed by atoms with Gasteiger partial charge < -0.3 is 10.3 Å². The van der Waals surface area contributed by atoms with E-state index in [4.69, 9.17) is 5.73 Å². The lowest BCUT2D eigenvalue weighted by molar-refractivity contribution is -0.168. The molecule has 6 heteroatoms. The van der Waals surface area contributed by atoms with Crippen molar-refractivity contribution in [3.8, 4) is 0 Å². The van der Waals surface area contributed by atoms with Gasteiger partial charge in [-0.25, -0.2) is 4.98 Å². The average Bonchev–Trinajstić information content (AvgIpc) is 2.60. The van der Waals surface area contributed by atoms with Gasteiger partial charge in [0.1, 0.15) is 11.9 Å². The standard InChI is InChI=1S/C12H14F3N3/c1-8-17-9-4-2-3-5-10(9)18(8)11(6-7-16)12(13,14)15/h2-5,11H,6-7,16H2,1H3. The monoisotopic (exact) mass is 257 g/mol. The Hall–Kier alpha value is -1.56. The smallest absolute Gasteiger partial charge is 0.330 e. The Balaban J connectivity index is 2.60. The Labute approximate surface area is 102 Å². The molecule has 0 bridgehead atoms. The highest BCUT2D eigenvalue weighted by molar-refractivity contribution is 5.76. The van der Waals surface area contributed by atoms with Crippen LogP contribution in [0.5, 0.6) is 0 Å². The molecule has 2 aromatic rings. The molecule has 0 saturated carbocycles. The van der Waals surface area contributed by atoms with Crippen molar-refractivity contribution in [1.29, 1.82) is 0 Å². The maximum atomic E-state index is 13.1. The van der Waals surface area contributed by atoms with E-state index in [-0.39, 0.29) is 13.0 Å². The summed E-state index contributed by atoms with van der Waals surface area (Å²) in [6.07, 6.45) is -4.47. The minimum absolute atomic E-state index is 0.0177. The van der Waals surface area contributed by atoms with E-state index >= 15 is 0 Å². The van der Waals surface area contributed by atoms with Gasteiger partial charge >= 0.3 is 6.18 Å². The zero-order valence-corrected chi connectivity index (χ0v) is 9.91. The SMILES string of the molecule is Cc1nc2ccccc2n1C(CCN)C(F)(F)F. The lowest BCUT2D eigenvalue weighted by Gasteiger charge is -2.23. The van der Waals surface area contributed by atoms with Crippen LogP contribution in [0, 0.1) is 6.92 Å². The first kappa shape index (κ1) is 12.9. The maximum Gasteiger partial charge on any atom is 0.409 e. The molecule has 18 heavy (non-hydrogen) atoms. The fourth-order valence-corrected chi connectivity index (χ4v) is 2.16. The van der Waals surface area contributed by atoms with Gasteiger partial charge in [-0.1, -0.05) is 12.1 Å². The summed E-state index contributed by atoms with van der Waals surface area (Å²) in [6.45, 7) is 1.56. The minimum Gasteiger partial charge on any atom is -0.330 e. The minimum atomic E-state index is -4.33. The van der Waals surface area contributed by atoms with Gasteiger partial charge in [0.15, 0.2) is 0 Å². The van der Waals surface area contributed by atoms with E-state index in [0.29, 0.717) is 16.9 Å². The van der Waals surface area contributed by atoms with Gasteiger partial charge in [0.05, 0.1) is 11.0 Å². The normalized spacial score (nSPS) is 14.1. The molecule has 1 unspecified atom stereocenters. The second-order valence-corrected chi connectivity index (χ2v) is 4.15. The molecule has 2 rings (SSSR count). The number of aromatic nitrogens is 2. The summed E-state index contributed by atoms with van der Waals surface area (Å²) < 4.78 is 40.4. The number of para-hydroxylation sites is 2. The van der Waals surface area contributed by atoms with Crippen LogP contribution in [0.2, 0.25) is 0 Å². The van der Waals surface area contributed by atoms with E-state index in [1.165, 1.54) is 4.57 Å². The molecular formula is C12H14F3N3. The second-order valence-electron chi connectivity index (χ2n) is 4.15. The van der Waals surface area contributed by atoms with Crippen LogP contribution >= 0.6 is 0 Å². The molecule has 0 aliphatic carbocycles. The number of benzene rings is 1. The van der Waals surface area contributed by atoms with Gasteiger partial charge in [0, 0.05) is 0 Å². The highest BCUT2D eigenvalue weighted by atomic mass is 19.4. The van der Waals surface area contributed by atoms with Gasteiger partial charge in [-0.2, -0.15) is 13.2 Å². The van der Waals surface area contributed by atoms with E-state index in [0.717, 1.165) is 0 Å². The predicted octanol–water partition coefficient (Wildman–Crippen LogP) is 2.80. The van der Waals surface area contributed by atoms with Crippen molar-refractivity contribution < 1.29 is 13.2 Å². The summed E-state index contributed by atoms with van der Waals surface area (Å²) in [5.41, 5.74) is 6.35. The summed E-state index contributed by atoms with van der Waals surface area (Å²) in [5.74, 6) is 0.354. The third-order valence-electron chi connectivity index (χ3n) is 2.90. The number of nitrogens with two attached hydrogens (primary N) is 1. The first-order valence-corrected chi connectivity index (χ1v) is 5.65. The summed E-state index contributed by atoms with van der Waals surface area (Å²) in [4.78, 5) is 4.15. The molecule has 0 spiro atoms. The van der Waals surface area contributed by atoms with Crippen molar-refractivity contribution >= 4 is 11.0 Å². The number of imidazole rings is 1. The lowest BCUT2D eigenvalue weighted by atomic mass is 10.2. The van der Waals surface area contributed by atoms with E-state index < -0.39 is 12.2 Å². The highest BCUT2D eigenvalue weighted by Gasteiger charge is 2.41. The van der Waals surface area contributed by atoms with Crippen LogP contribution in [0.15, 0.2) is 24.3 Å². The molecule has 1 heterocycles. The molecule has 1 aromatic carbocycles. The lowest BCUT2D eigenvalue weighted by Crippen LogP contribution is -2.29. The molecule has 0 fully saturated rings. The summed E-state index contributed by atoms with van der Waals surface area (Å²) in [5, 5.41) is 0. The molecule has 98 valence electrons. The number of alkyl halides is 3. The summed E-state index contributed by atoms with van der Waals surface area (Å²) >= 11 is 0. The first-order chi connectivity index (χ1) is 8.45. The van der Waals surface area contributed by atoms with Crippen LogP contribution in [0.3, 0.4) is 0 Å². The summed E-state index contributed by atoms with van der Waals surface area (Å²) in [7, 11) is 0. The predicted molar refractivity (Wildman–Crippen MR) is 63.2 cm³/mol. The number of hydrogen-bond acceptors (Lipinski definition) is 2. The van der Waals surface area contributed by atoms with Gasteiger partial charge in [0.2, 0.25) is 0 Å². The fraction of sp³-hybridized carbons (Fsp3) is 0.417. The average molecular weight is 257 g/mol. The third kappa shape index (κ3) is 2.20. The number of rotatable bonds is 3. The first-order valence-electron chi connectivity index (χ1n) is 5.65. The van der Waals surface area contributed by atoms with Crippen LogP contribution < -0.4 is 5.73 Å². The molecule has 1 atom stereocenters. The molecule has 1 aromatic heterocycles. The molecule has 0 radical (unpaired) electrons. The Kier molecular flexibility index (Phi) is 3.30. The van der Waals surface area contributed by atoms with Gasteiger partial charge in [-0.15, -0.1) is 0 Å². The molecule has 0 aliphatic rings. The van der Waals surface area contributed by atoms with Crippen molar-refractivity contribution in [2.24, 2.45) is 5.73 Å². The number of aryl methyl sites for hydroxylation is 1. The Morgan fingerprint density at radius 2 is 2.00 bits per heavy atom. The van der Waals surface area contributed by atoms with Gasteiger partial charge in [-0.3, -0.25) is 0 Å². The van der Waals surface area contributed by atoms with Gasteiger partial charge in [0.25, 0.3) is 0 Å². The van der Waals surface area contributed by atoms with Crippen molar-refractivity contribution in [3.05, 3.63) is 30.1 Å². The number of halogens is 3. The fourth-order valence-electron chi connectivity index (χ4n) is 2.16. The van der Waals surface area contributed by atoms with Crippen LogP contribution in [0.25, 0.3) is 11.0 Å². The van der Waals surface area contributed by atoms with Crippen LogP contribution in [0.4, 0.5) is 13.2 Å². The Morgan fingerprint density at radius 3 is 2.61 bits per heavy atom. The number of nitrogens with zero attached hydrogens (tertiary/aromatic N) is 2. The van der Waals surface area contributed by atoms with Crippen molar-refractivity contribution in [2.75, 3.05) is 6.54 Å². The topological polar surface area (TPSA) is 43.8 Å². The van der Waals surface area contributed by atoms with Crippen LogP contribution in [0.1, 0.15) is 18.3 Å². The van der Waals surface area contributed by atoms with E-state index in [1.54, 1.807) is 31.2 Å². The maximum absolute atomic E-state index is 13.1. The van der Waals surface area contributed by atoms with Crippen molar-refractivity contribution in [3.63, 3.8) is 0 Å². The zero-order valence-electron chi connectivity index (χ0n) is 9.91. The largest absolute Gasteiger partial charge is 0.409 e. The van der Waals surface area contributed by atoms with Crippen molar-refractivity contribution in [2.45, 2.75) is 25.6 Å². The zero-order chi connectivity index (χ0) is 13.3.